The topological polar surface area (TPSA) is 66.5 Å². The molecular formula is C20H32N2O3S2. The molecule has 1 N–H and O–H groups in total. The molecule has 0 spiro atoms. The number of thiophene rings is 1. The first-order valence-corrected chi connectivity index (χ1v) is 12.4. The second-order valence-corrected chi connectivity index (χ2v) is 12.0. The number of hydrogen-bond donors (Lipinski definition) is 1. The van der Waals surface area contributed by atoms with Crippen molar-refractivity contribution in [2.45, 2.75) is 69.5 Å². The molecule has 5 nitrogen and oxygen atoms in total. The number of carbonyl (C=O) groups is 1. The highest BCUT2D eigenvalue weighted by molar-refractivity contribution is 7.91. The summed E-state index contributed by atoms with van der Waals surface area (Å²) in [6.07, 6.45) is 5.63. The molecule has 1 aliphatic heterocycles. The third-order valence-corrected chi connectivity index (χ3v) is 9.11. The van der Waals surface area contributed by atoms with Crippen LogP contribution in [0, 0.1) is 17.3 Å². The van der Waals surface area contributed by atoms with Crippen molar-refractivity contribution in [3.8, 4) is 0 Å². The van der Waals surface area contributed by atoms with Crippen molar-refractivity contribution in [2.75, 3.05) is 13.1 Å². The number of likely N-dealkylation sites (tertiary alicyclic amines) is 1. The van der Waals surface area contributed by atoms with Gasteiger partial charge in [-0.05, 0) is 61.3 Å². The molecule has 0 bridgehead atoms. The van der Waals surface area contributed by atoms with Gasteiger partial charge in [0.15, 0.2) is 0 Å². The number of nitrogens with zero attached hydrogens (tertiary/aromatic N) is 1. The molecule has 1 aromatic rings. The molecule has 0 atom stereocenters. The summed E-state index contributed by atoms with van der Waals surface area (Å²) in [6.45, 7) is 8.18. The summed E-state index contributed by atoms with van der Waals surface area (Å²) in [5.41, 5.74) is 0.325. The Bertz CT molecular complexity index is 722. The lowest BCUT2D eigenvalue weighted by molar-refractivity contribution is -0.138. The van der Waals surface area contributed by atoms with Crippen LogP contribution in [0.2, 0.25) is 0 Å². The molecule has 1 saturated carbocycles. The summed E-state index contributed by atoms with van der Waals surface area (Å²) >= 11 is 1.23. The van der Waals surface area contributed by atoms with E-state index < -0.39 is 10.0 Å². The van der Waals surface area contributed by atoms with Crippen LogP contribution in [0.15, 0.2) is 21.7 Å². The maximum Gasteiger partial charge on any atom is 0.250 e. The lowest BCUT2D eigenvalue weighted by Crippen LogP contribution is -2.48. The number of nitrogens with one attached hydrogen (secondary N) is 1. The maximum atomic E-state index is 12.9. The SMILES string of the molecule is CC(C)(C)C1CCC(C(=O)N2CCC(NS(=O)(=O)c3cccs3)CC2)CC1. The molecule has 27 heavy (non-hydrogen) atoms. The van der Waals surface area contributed by atoms with Crippen molar-refractivity contribution in [3.05, 3.63) is 17.5 Å². The summed E-state index contributed by atoms with van der Waals surface area (Å²) in [5, 5.41) is 1.77. The zero-order valence-electron chi connectivity index (χ0n) is 16.6. The van der Waals surface area contributed by atoms with Gasteiger partial charge in [-0.15, -0.1) is 11.3 Å². The minimum absolute atomic E-state index is 0.0854. The summed E-state index contributed by atoms with van der Waals surface area (Å²) in [5.74, 6) is 1.14. The first-order chi connectivity index (χ1) is 12.7. The second-order valence-electron chi connectivity index (χ2n) is 9.07. The summed E-state index contributed by atoms with van der Waals surface area (Å²) in [7, 11) is -3.43. The zero-order chi connectivity index (χ0) is 19.7. The predicted molar refractivity (Wildman–Crippen MR) is 109 cm³/mol. The monoisotopic (exact) mass is 412 g/mol. The average molecular weight is 413 g/mol. The first kappa shape index (κ1) is 20.8. The normalized spacial score (nSPS) is 25.5. The summed E-state index contributed by atoms with van der Waals surface area (Å²) < 4.78 is 27.9. The van der Waals surface area contributed by atoms with Crippen LogP contribution in [0.3, 0.4) is 0 Å². The highest BCUT2D eigenvalue weighted by Crippen LogP contribution is 2.40. The molecule has 0 aromatic carbocycles. The van der Waals surface area contributed by atoms with Crippen molar-refractivity contribution in [1.82, 2.24) is 9.62 Å². The number of hydrogen-bond acceptors (Lipinski definition) is 4. The van der Waals surface area contributed by atoms with E-state index in [0.29, 0.717) is 41.5 Å². The fourth-order valence-corrected chi connectivity index (χ4v) is 6.69. The van der Waals surface area contributed by atoms with E-state index >= 15 is 0 Å². The Kier molecular flexibility index (Phi) is 6.33. The number of carbonyl (C=O) groups excluding carboxylic acids is 1. The molecule has 0 unspecified atom stereocenters. The fraction of sp³-hybridized carbons (Fsp3) is 0.750. The van der Waals surface area contributed by atoms with Crippen LogP contribution < -0.4 is 4.72 Å². The molecule has 1 amide bonds. The van der Waals surface area contributed by atoms with Crippen molar-refractivity contribution >= 4 is 27.3 Å². The van der Waals surface area contributed by atoms with Crippen LogP contribution in [0.4, 0.5) is 0 Å². The van der Waals surface area contributed by atoms with Gasteiger partial charge in [-0.3, -0.25) is 4.79 Å². The quantitative estimate of drug-likeness (QED) is 0.816. The molecular weight excluding hydrogens is 380 g/mol. The lowest BCUT2D eigenvalue weighted by atomic mass is 9.69. The van der Waals surface area contributed by atoms with Crippen LogP contribution in [-0.2, 0) is 14.8 Å². The van der Waals surface area contributed by atoms with Crippen molar-refractivity contribution in [3.63, 3.8) is 0 Å². The minimum atomic E-state index is -3.43. The van der Waals surface area contributed by atoms with Gasteiger partial charge in [0.1, 0.15) is 4.21 Å². The van der Waals surface area contributed by atoms with Gasteiger partial charge in [-0.25, -0.2) is 13.1 Å². The molecule has 3 rings (SSSR count). The van der Waals surface area contributed by atoms with E-state index in [-0.39, 0.29) is 17.9 Å². The van der Waals surface area contributed by atoms with E-state index in [1.54, 1.807) is 17.5 Å². The average Bonchev–Trinajstić information content (AvgIpc) is 3.17. The Morgan fingerprint density at radius 2 is 1.74 bits per heavy atom. The van der Waals surface area contributed by atoms with Crippen LogP contribution in [0.1, 0.15) is 59.3 Å². The van der Waals surface area contributed by atoms with Gasteiger partial charge in [0.25, 0.3) is 0 Å². The van der Waals surface area contributed by atoms with Crippen LogP contribution >= 0.6 is 11.3 Å². The minimum Gasteiger partial charge on any atom is -0.342 e. The van der Waals surface area contributed by atoms with E-state index in [1.807, 2.05) is 4.90 Å². The standard InChI is InChI=1S/C20H32N2O3S2/c1-20(2,3)16-8-6-15(7-9-16)19(23)22-12-10-17(11-13-22)21-27(24,25)18-5-4-14-26-18/h4-5,14-17,21H,6-13H2,1-3H3. The Morgan fingerprint density at radius 1 is 1.11 bits per heavy atom. The van der Waals surface area contributed by atoms with Gasteiger partial charge in [0.05, 0.1) is 0 Å². The highest BCUT2D eigenvalue weighted by atomic mass is 32.2. The second kappa shape index (κ2) is 8.21. The van der Waals surface area contributed by atoms with E-state index in [2.05, 4.69) is 25.5 Å². The molecule has 7 heteroatoms. The Labute approximate surface area is 167 Å². The van der Waals surface area contributed by atoms with Crippen molar-refractivity contribution in [2.24, 2.45) is 17.3 Å². The number of amides is 1. The smallest absolute Gasteiger partial charge is 0.250 e. The zero-order valence-corrected chi connectivity index (χ0v) is 18.2. The van der Waals surface area contributed by atoms with E-state index in [9.17, 15) is 13.2 Å². The third-order valence-electron chi connectivity index (χ3n) is 6.19. The van der Waals surface area contributed by atoms with Gasteiger partial charge in [-0.2, -0.15) is 0 Å². The van der Waals surface area contributed by atoms with Crippen LogP contribution in [0.5, 0.6) is 0 Å². The molecule has 2 fully saturated rings. The Hall–Kier alpha value is -0.920. The number of piperidine rings is 1. The molecule has 2 aliphatic rings. The predicted octanol–water partition coefficient (Wildman–Crippen LogP) is 3.87. The molecule has 0 radical (unpaired) electrons. The Balaban J connectivity index is 1.47. The van der Waals surface area contributed by atoms with Gasteiger partial charge >= 0.3 is 0 Å². The third kappa shape index (κ3) is 5.12. The molecule has 1 aliphatic carbocycles. The summed E-state index contributed by atoms with van der Waals surface area (Å²) in [4.78, 5) is 14.8. The van der Waals surface area contributed by atoms with Crippen LogP contribution in [0.25, 0.3) is 0 Å². The molecule has 2 heterocycles. The molecule has 1 aromatic heterocycles. The van der Waals surface area contributed by atoms with E-state index in [1.165, 1.54) is 11.3 Å². The number of rotatable bonds is 4. The van der Waals surface area contributed by atoms with Crippen LogP contribution in [-0.4, -0.2) is 38.4 Å². The fourth-order valence-electron chi connectivity index (χ4n) is 4.38. The van der Waals surface area contributed by atoms with Gasteiger partial charge < -0.3 is 4.90 Å². The highest BCUT2D eigenvalue weighted by Gasteiger charge is 2.35. The molecule has 152 valence electrons. The molecule has 1 saturated heterocycles. The maximum absolute atomic E-state index is 12.9. The first-order valence-electron chi connectivity index (χ1n) is 10.0. The largest absolute Gasteiger partial charge is 0.342 e. The lowest BCUT2D eigenvalue weighted by Gasteiger charge is -2.39. The van der Waals surface area contributed by atoms with Gasteiger partial charge in [-0.1, -0.05) is 26.8 Å². The van der Waals surface area contributed by atoms with Gasteiger partial charge in [0, 0.05) is 25.0 Å². The summed E-state index contributed by atoms with van der Waals surface area (Å²) in [6, 6.07) is 3.28. The van der Waals surface area contributed by atoms with Crippen molar-refractivity contribution in [1.29, 1.82) is 0 Å². The van der Waals surface area contributed by atoms with E-state index in [0.717, 1.165) is 25.7 Å². The van der Waals surface area contributed by atoms with E-state index in [4.69, 9.17) is 0 Å². The number of sulfonamides is 1. The Morgan fingerprint density at radius 3 is 2.26 bits per heavy atom. The van der Waals surface area contributed by atoms with Gasteiger partial charge in [0.2, 0.25) is 15.9 Å². The van der Waals surface area contributed by atoms with Crippen molar-refractivity contribution < 1.29 is 13.2 Å².